The fourth-order valence-corrected chi connectivity index (χ4v) is 3.20. The van der Waals surface area contributed by atoms with Gasteiger partial charge in [0.05, 0.1) is 17.8 Å². The first-order valence-corrected chi connectivity index (χ1v) is 7.20. The van der Waals surface area contributed by atoms with Crippen LogP contribution < -0.4 is 5.32 Å². The number of carbonyl (C=O) groups excluding carboxylic acids is 1. The van der Waals surface area contributed by atoms with Gasteiger partial charge in [0.2, 0.25) is 5.91 Å². The van der Waals surface area contributed by atoms with Crippen molar-refractivity contribution in [3.63, 3.8) is 0 Å². The molecule has 0 aromatic carbocycles. The van der Waals surface area contributed by atoms with Crippen molar-refractivity contribution in [2.45, 2.75) is 77.2 Å². The summed E-state index contributed by atoms with van der Waals surface area (Å²) in [4.78, 5) is 14.5. The molecule has 18 heavy (non-hydrogen) atoms. The largest absolute Gasteiger partial charge is 0.375 e. The van der Waals surface area contributed by atoms with Crippen LogP contribution in [0.15, 0.2) is 0 Å². The van der Waals surface area contributed by atoms with Crippen molar-refractivity contribution in [1.29, 1.82) is 0 Å². The summed E-state index contributed by atoms with van der Waals surface area (Å²) in [6.45, 7) is 9.20. The van der Waals surface area contributed by atoms with Gasteiger partial charge in [0.15, 0.2) is 0 Å². The minimum Gasteiger partial charge on any atom is -0.375 e. The highest BCUT2D eigenvalue weighted by Gasteiger charge is 2.43. The number of carbonyl (C=O) groups is 1. The molecule has 0 aromatic heterocycles. The number of nitrogens with zero attached hydrogens (tertiary/aromatic N) is 1. The van der Waals surface area contributed by atoms with Gasteiger partial charge >= 0.3 is 0 Å². The molecule has 4 nitrogen and oxygen atoms in total. The Labute approximate surface area is 110 Å². The molecule has 3 unspecified atom stereocenters. The molecule has 2 rings (SSSR count). The van der Waals surface area contributed by atoms with E-state index in [1.54, 1.807) is 0 Å². The maximum atomic E-state index is 12.4. The van der Waals surface area contributed by atoms with Crippen LogP contribution in [0.5, 0.6) is 0 Å². The molecule has 2 fully saturated rings. The summed E-state index contributed by atoms with van der Waals surface area (Å²) in [6.07, 6.45) is 3.96. The van der Waals surface area contributed by atoms with Crippen LogP contribution >= 0.6 is 0 Å². The smallest absolute Gasteiger partial charge is 0.241 e. The van der Waals surface area contributed by atoms with E-state index in [0.29, 0.717) is 6.04 Å². The predicted octanol–water partition coefficient (Wildman–Crippen LogP) is 1.89. The van der Waals surface area contributed by atoms with Crippen molar-refractivity contribution in [3.8, 4) is 0 Å². The minimum atomic E-state index is -0.105. The van der Waals surface area contributed by atoms with Crippen LogP contribution in [0.2, 0.25) is 0 Å². The molecule has 2 aliphatic heterocycles. The zero-order chi connectivity index (χ0) is 13.3. The SMILES string of the molecule is CCC1NC(CC)N(C2CCOC(C)(C)C2)C1=O. The second kappa shape index (κ2) is 5.17. The number of rotatable bonds is 3. The van der Waals surface area contributed by atoms with E-state index >= 15 is 0 Å². The van der Waals surface area contributed by atoms with Crippen molar-refractivity contribution >= 4 is 5.91 Å². The van der Waals surface area contributed by atoms with E-state index in [1.807, 2.05) is 0 Å². The van der Waals surface area contributed by atoms with Crippen molar-refractivity contribution < 1.29 is 9.53 Å². The number of amides is 1. The van der Waals surface area contributed by atoms with Crippen LogP contribution in [0.1, 0.15) is 53.4 Å². The highest BCUT2D eigenvalue weighted by Crippen LogP contribution is 2.31. The normalized spacial score (nSPS) is 36.1. The molecule has 2 heterocycles. The second-order valence-electron chi connectivity index (χ2n) is 6.05. The summed E-state index contributed by atoms with van der Waals surface area (Å²) in [5.74, 6) is 0.284. The molecular weight excluding hydrogens is 228 g/mol. The van der Waals surface area contributed by atoms with Crippen LogP contribution in [-0.2, 0) is 9.53 Å². The van der Waals surface area contributed by atoms with E-state index in [-0.39, 0.29) is 23.7 Å². The number of hydrogen-bond donors (Lipinski definition) is 1. The number of ether oxygens (including phenoxy) is 1. The lowest BCUT2D eigenvalue weighted by Gasteiger charge is -2.41. The van der Waals surface area contributed by atoms with Gasteiger partial charge in [-0.15, -0.1) is 0 Å². The van der Waals surface area contributed by atoms with Crippen LogP contribution in [0.4, 0.5) is 0 Å². The summed E-state index contributed by atoms with van der Waals surface area (Å²) in [5.41, 5.74) is -0.105. The zero-order valence-electron chi connectivity index (χ0n) is 12.0. The van der Waals surface area contributed by atoms with Crippen molar-refractivity contribution in [2.24, 2.45) is 0 Å². The molecule has 4 heteroatoms. The van der Waals surface area contributed by atoms with E-state index in [9.17, 15) is 4.79 Å². The van der Waals surface area contributed by atoms with Gasteiger partial charge in [0.1, 0.15) is 0 Å². The Morgan fingerprint density at radius 3 is 2.67 bits per heavy atom. The van der Waals surface area contributed by atoms with Gasteiger partial charge in [-0.25, -0.2) is 0 Å². The van der Waals surface area contributed by atoms with Crippen LogP contribution in [0.3, 0.4) is 0 Å². The Balaban J connectivity index is 2.12. The molecule has 0 aromatic rings. The van der Waals surface area contributed by atoms with Crippen molar-refractivity contribution in [3.05, 3.63) is 0 Å². The summed E-state index contributed by atoms with van der Waals surface area (Å²) in [6, 6.07) is 0.344. The van der Waals surface area contributed by atoms with Crippen LogP contribution in [0.25, 0.3) is 0 Å². The molecule has 0 saturated carbocycles. The Kier molecular flexibility index (Phi) is 3.97. The lowest BCUT2D eigenvalue weighted by Crippen LogP contribution is -2.50. The quantitative estimate of drug-likeness (QED) is 0.836. The lowest BCUT2D eigenvalue weighted by atomic mass is 9.92. The first kappa shape index (κ1) is 13.8. The maximum Gasteiger partial charge on any atom is 0.241 e. The van der Waals surface area contributed by atoms with Crippen LogP contribution in [-0.4, -0.2) is 41.3 Å². The van der Waals surface area contributed by atoms with Gasteiger partial charge in [-0.05, 0) is 39.5 Å². The molecule has 104 valence electrons. The molecule has 0 bridgehead atoms. The molecule has 0 aliphatic carbocycles. The highest BCUT2D eigenvalue weighted by molar-refractivity contribution is 5.84. The van der Waals surface area contributed by atoms with E-state index in [0.717, 1.165) is 32.3 Å². The number of nitrogens with one attached hydrogen (secondary N) is 1. The maximum absolute atomic E-state index is 12.4. The summed E-state index contributed by atoms with van der Waals surface area (Å²) >= 11 is 0. The fraction of sp³-hybridized carbons (Fsp3) is 0.929. The van der Waals surface area contributed by atoms with Gasteiger partial charge in [-0.3, -0.25) is 10.1 Å². The first-order valence-electron chi connectivity index (χ1n) is 7.20. The topological polar surface area (TPSA) is 41.6 Å². The zero-order valence-corrected chi connectivity index (χ0v) is 12.0. The third-order valence-electron chi connectivity index (χ3n) is 4.14. The molecule has 0 radical (unpaired) electrons. The van der Waals surface area contributed by atoms with E-state index in [1.165, 1.54) is 0 Å². The Hall–Kier alpha value is -0.610. The van der Waals surface area contributed by atoms with Gasteiger partial charge < -0.3 is 9.64 Å². The molecule has 1 amide bonds. The first-order chi connectivity index (χ1) is 8.48. The average Bonchev–Trinajstić information content (AvgIpc) is 2.64. The molecule has 0 spiro atoms. The fourth-order valence-electron chi connectivity index (χ4n) is 3.20. The molecular formula is C14H26N2O2. The van der Waals surface area contributed by atoms with Crippen molar-refractivity contribution in [1.82, 2.24) is 10.2 Å². The Morgan fingerprint density at radius 2 is 2.11 bits per heavy atom. The predicted molar refractivity (Wildman–Crippen MR) is 71.2 cm³/mol. The van der Waals surface area contributed by atoms with E-state index in [4.69, 9.17) is 4.74 Å². The van der Waals surface area contributed by atoms with Crippen molar-refractivity contribution in [2.75, 3.05) is 6.61 Å². The summed E-state index contributed by atoms with van der Waals surface area (Å²) < 4.78 is 5.75. The molecule has 3 atom stereocenters. The van der Waals surface area contributed by atoms with Crippen LogP contribution in [0, 0.1) is 0 Å². The number of hydrogen-bond acceptors (Lipinski definition) is 3. The highest BCUT2D eigenvalue weighted by atomic mass is 16.5. The lowest BCUT2D eigenvalue weighted by molar-refractivity contribution is -0.139. The average molecular weight is 254 g/mol. The standard InChI is InChI=1S/C14H26N2O2/c1-5-11-13(17)16(12(6-2)15-11)10-7-8-18-14(3,4)9-10/h10-12,15H,5-9H2,1-4H3. The van der Waals surface area contributed by atoms with Gasteiger partial charge in [-0.1, -0.05) is 13.8 Å². The monoisotopic (exact) mass is 254 g/mol. The Morgan fingerprint density at radius 1 is 1.39 bits per heavy atom. The van der Waals surface area contributed by atoms with Gasteiger partial charge in [0.25, 0.3) is 0 Å². The van der Waals surface area contributed by atoms with Gasteiger partial charge in [-0.2, -0.15) is 0 Å². The Bertz CT molecular complexity index is 317. The summed E-state index contributed by atoms with van der Waals surface area (Å²) in [7, 11) is 0. The third-order valence-corrected chi connectivity index (χ3v) is 4.14. The molecule has 1 N–H and O–H groups in total. The molecule has 2 aliphatic rings. The minimum absolute atomic E-state index is 0.0147. The molecule has 2 saturated heterocycles. The second-order valence-corrected chi connectivity index (χ2v) is 6.05. The van der Waals surface area contributed by atoms with E-state index < -0.39 is 0 Å². The summed E-state index contributed by atoms with van der Waals surface area (Å²) in [5, 5.41) is 3.45. The van der Waals surface area contributed by atoms with E-state index in [2.05, 4.69) is 37.9 Å². The third kappa shape index (κ3) is 2.54. The van der Waals surface area contributed by atoms with Gasteiger partial charge in [0, 0.05) is 12.6 Å².